The van der Waals surface area contributed by atoms with Gasteiger partial charge in [-0.15, -0.1) is 0 Å². The second-order valence-corrected chi connectivity index (χ2v) is 6.58. The highest BCUT2D eigenvalue weighted by molar-refractivity contribution is 7.98. The van der Waals surface area contributed by atoms with E-state index in [-0.39, 0.29) is 12.5 Å². The van der Waals surface area contributed by atoms with Crippen LogP contribution in [0.1, 0.15) is 34.1 Å². The summed E-state index contributed by atoms with van der Waals surface area (Å²) >= 11 is 1.54. The van der Waals surface area contributed by atoms with Crippen LogP contribution in [-0.2, 0) is 9.59 Å². The van der Waals surface area contributed by atoms with E-state index in [1.54, 1.807) is 24.3 Å². The molecule has 0 fully saturated rings. The molecule has 4 amide bonds. The molecular weight excluding hydrogens is 342 g/mol. The normalized spacial score (nSPS) is 14.2. The molecule has 0 aliphatic carbocycles. The van der Waals surface area contributed by atoms with Gasteiger partial charge < -0.3 is 10.6 Å². The zero-order valence-electron chi connectivity index (χ0n) is 14.2. The first-order valence-electron chi connectivity index (χ1n) is 7.95. The molecule has 25 heavy (non-hydrogen) atoms. The lowest BCUT2D eigenvalue weighted by molar-refractivity contribution is -0.125. The van der Waals surface area contributed by atoms with Crippen molar-refractivity contribution < 1.29 is 19.2 Å². The van der Waals surface area contributed by atoms with Crippen molar-refractivity contribution in [1.29, 1.82) is 0 Å². The molecule has 1 heterocycles. The minimum Gasteiger partial charge on any atom is -0.355 e. The molecule has 0 spiro atoms. The molecule has 7 nitrogen and oxygen atoms in total. The lowest BCUT2D eigenvalue weighted by Gasteiger charge is -2.25. The zero-order chi connectivity index (χ0) is 18.4. The van der Waals surface area contributed by atoms with Crippen molar-refractivity contribution >= 4 is 35.4 Å². The molecule has 0 radical (unpaired) electrons. The van der Waals surface area contributed by atoms with E-state index in [4.69, 9.17) is 0 Å². The van der Waals surface area contributed by atoms with E-state index >= 15 is 0 Å². The van der Waals surface area contributed by atoms with Crippen LogP contribution in [0.2, 0.25) is 0 Å². The van der Waals surface area contributed by atoms with E-state index in [1.807, 2.05) is 6.26 Å². The molecule has 1 atom stereocenters. The Hall–Kier alpha value is -2.35. The SMILES string of the molecule is CSCCC(C(=O)NCCNC(C)=O)N1C(=O)c2ccccc2C1=O. The maximum Gasteiger partial charge on any atom is 0.262 e. The van der Waals surface area contributed by atoms with Crippen LogP contribution in [0.25, 0.3) is 0 Å². The van der Waals surface area contributed by atoms with Gasteiger partial charge in [0.2, 0.25) is 11.8 Å². The van der Waals surface area contributed by atoms with Crippen molar-refractivity contribution in [2.75, 3.05) is 25.1 Å². The van der Waals surface area contributed by atoms with Crippen LogP contribution in [0, 0.1) is 0 Å². The first-order chi connectivity index (χ1) is 12.0. The van der Waals surface area contributed by atoms with Gasteiger partial charge in [-0.05, 0) is 30.6 Å². The van der Waals surface area contributed by atoms with E-state index in [1.165, 1.54) is 18.7 Å². The molecule has 0 bridgehead atoms. The van der Waals surface area contributed by atoms with Gasteiger partial charge in [0.05, 0.1) is 11.1 Å². The van der Waals surface area contributed by atoms with Gasteiger partial charge in [0.1, 0.15) is 6.04 Å². The Balaban J connectivity index is 2.12. The third kappa shape index (κ3) is 4.39. The highest BCUT2D eigenvalue weighted by Crippen LogP contribution is 2.26. The average Bonchev–Trinajstić information content (AvgIpc) is 2.84. The summed E-state index contributed by atoms with van der Waals surface area (Å²) in [6.45, 7) is 1.91. The van der Waals surface area contributed by atoms with Crippen LogP contribution in [0.4, 0.5) is 0 Å². The number of imide groups is 1. The third-order valence-electron chi connectivity index (χ3n) is 3.83. The standard InChI is InChI=1S/C17H21N3O4S/c1-11(21)18-8-9-19-15(22)14(7-10-25-2)20-16(23)12-5-3-4-6-13(12)17(20)24/h3-6,14H,7-10H2,1-2H3,(H,18,21)(H,19,22). The number of hydrogen-bond donors (Lipinski definition) is 2. The smallest absolute Gasteiger partial charge is 0.262 e. The molecule has 1 aromatic rings. The minimum absolute atomic E-state index is 0.187. The molecule has 0 saturated carbocycles. The molecule has 1 aromatic carbocycles. The molecule has 2 N–H and O–H groups in total. The lowest BCUT2D eigenvalue weighted by atomic mass is 10.1. The summed E-state index contributed by atoms with van der Waals surface area (Å²) in [6, 6.07) is 5.71. The molecule has 0 saturated heterocycles. The number of amides is 4. The zero-order valence-corrected chi connectivity index (χ0v) is 15.0. The number of thioether (sulfide) groups is 1. The van der Waals surface area contributed by atoms with Crippen molar-refractivity contribution in [2.24, 2.45) is 0 Å². The number of rotatable bonds is 8. The summed E-state index contributed by atoms with van der Waals surface area (Å²) in [5.74, 6) is -0.827. The molecule has 2 rings (SSSR count). The molecule has 134 valence electrons. The first kappa shape index (κ1) is 19.0. The second-order valence-electron chi connectivity index (χ2n) is 5.60. The van der Waals surface area contributed by atoms with Crippen LogP contribution in [0.5, 0.6) is 0 Å². The Morgan fingerprint density at radius 1 is 1.08 bits per heavy atom. The average molecular weight is 363 g/mol. The Morgan fingerprint density at radius 3 is 2.16 bits per heavy atom. The van der Waals surface area contributed by atoms with Crippen LogP contribution in [-0.4, -0.2) is 59.7 Å². The maximum atomic E-state index is 12.6. The molecule has 0 aromatic heterocycles. The number of carbonyl (C=O) groups is 4. The van der Waals surface area contributed by atoms with Gasteiger partial charge in [0.15, 0.2) is 0 Å². The van der Waals surface area contributed by atoms with Gasteiger partial charge in [-0.25, -0.2) is 0 Å². The number of nitrogens with one attached hydrogen (secondary N) is 2. The molecule has 8 heteroatoms. The lowest BCUT2D eigenvalue weighted by Crippen LogP contribution is -2.50. The fraction of sp³-hybridized carbons (Fsp3) is 0.412. The van der Waals surface area contributed by atoms with Crippen LogP contribution < -0.4 is 10.6 Å². The number of benzene rings is 1. The van der Waals surface area contributed by atoms with Gasteiger partial charge in [0.25, 0.3) is 11.8 Å². The fourth-order valence-corrected chi connectivity index (χ4v) is 3.10. The van der Waals surface area contributed by atoms with Gasteiger partial charge in [-0.3, -0.25) is 24.1 Å². The van der Waals surface area contributed by atoms with Crippen molar-refractivity contribution in [1.82, 2.24) is 15.5 Å². The van der Waals surface area contributed by atoms with Crippen molar-refractivity contribution in [2.45, 2.75) is 19.4 Å². The fourth-order valence-electron chi connectivity index (χ4n) is 2.64. The van der Waals surface area contributed by atoms with Crippen molar-refractivity contribution in [3.63, 3.8) is 0 Å². The van der Waals surface area contributed by atoms with Gasteiger partial charge in [0, 0.05) is 20.0 Å². The van der Waals surface area contributed by atoms with Gasteiger partial charge >= 0.3 is 0 Å². The predicted octanol–water partition coefficient (Wildman–Crippen LogP) is 0.657. The van der Waals surface area contributed by atoms with Crippen LogP contribution in [0.15, 0.2) is 24.3 Å². The van der Waals surface area contributed by atoms with Crippen molar-refractivity contribution in [3.8, 4) is 0 Å². The van der Waals surface area contributed by atoms with Gasteiger partial charge in [-0.2, -0.15) is 11.8 Å². The minimum atomic E-state index is -0.864. The number of hydrogen-bond acceptors (Lipinski definition) is 5. The molecule has 1 unspecified atom stereocenters. The van der Waals surface area contributed by atoms with Crippen LogP contribution in [0.3, 0.4) is 0 Å². The largest absolute Gasteiger partial charge is 0.355 e. The maximum absolute atomic E-state index is 12.6. The molecular formula is C17H21N3O4S. The Labute approximate surface area is 150 Å². The first-order valence-corrected chi connectivity index (χ1v) is 9.34. The Morgan fingerprint density at radius 2 is 1.64 bits per heavy atom. The third-order valence-corrected chi connectivity index (χ3v) is 4.48. The second kappa shape index (κ2) is 8.66. The number of carbonyl (C=O) groups excluding carboxylic acids is 4. The number of nitrogens with zero attached hydrogens (tertiary/aromatic N) is 1. The molecule has 1 aliphatic heterocycles. The number of fused-ring (bicyclic) bond motifs is 1. The van der Waals surface area contributed by atoms with E-state index in [0.29, 0.717) is 29.8 Å². The van der Waals surface area contributed by atoms with E-state index < -0.39 is 23.8 Å². The Bertz CT molecular complexity index is 657. The summed E-state index contributed by atoms with van der Waals surface area (Å²) in [5, 5.41) is 5.26. The van der Waals surface area contributed by atoms with E-state index in [0.717, 1.165) is 4.90 Å². The highest BCUT2D eigenvalue weighted by Gasteiger charge is 2.42. The summed E-state index contributed by atoms with van der Waals surface area (Å²) in [5.41, 5.74) is 0.653. The monoisotopic (exact) mass is 363 g/mol. The summed E-state index contributed by atoms with van der Waals surface area (Å²) in [6.07, 6.45) is 2.27. The van der Waals surface area contributed by atoms with E-state index in [2.05, 4.69) is 10.6 Å². The Kier molecular flexibility index (Phi) is 6.58. The highest BCUT2D eigenvalue weighted by atomic mass is 32.2. The summed E-state index contributed by atoms with van der Waals surface area (Å²) in [4.78, 5) is 49.6. The van der Waals surface area contributed by atoms with Crippen molar-refractivity contribution in [3.05, 3.63) is 35.4 Å². The molecule has 1 aliphatic rings. The topological polar surface area (TPSA) is 95.6 Å². The van der Waals surface area contributed by atoms with Crippen LogP contribution >= 0.6 is 11.8 Å². The summed E-state index contributed by atoms with van der Waals surface area (Å²) < 4.78 is 0. The quantitative estimate of drug-likeness (QED) is 0.522. The summed E-state index contributed by atoms with van der Waals surface area (Å²) in [7, 11) is 0. The predicted molar refractivity (Wildman–Crippen MR) is 95.4 cm³/mol. The van der Waals surface area contributed by atoms with Gasteiger partial charge in [-0.1, -0.05) is 12.1 Å². The van der Waals surface area contributed by atoms with E-state index in [9.17, 15) is 19.2 Å².